The van der Waals surface area contributed by atoms with E-state index in [0.717, 1.165) is 0 Å². The van der Waals surface area contributed by atoms with Crippen molar-refractivity contribution in [1.82, 2.24) is 4.90 Å². The van der Waals surface area contributed by atoms with Crippen molar-refractivity contribution >= 4 is 0 Å². The summed E-state index contributed by atoms with van der Waals surface area (Å²) in [4.78, 5) is 2.20. The van der Waals surface area contributed by atoms with Gasteiger partial charge >= 0.3 is 6.36 Å². The lowest BCUT2D eigenvalue weighted by Crippen LogP contribution is -2.45. The molecule has 0 saturated carbocycles. The molecule has 1 fully saturated rings. The topological polar surface area (TPSA) is 32.7 Å². The Morgan fingerprint density at radius 2 is 1.76 bits per heavy atom. The molecule has 2 rings (SSSR count). The van der Waals surface area contributed by atoms with Gasteiger partial charge in [0.25, 0.3) is 0 Å². The third kappa shape index (κ3) is 3.89. The molecule has 1 aliphatic heterocycles. The first-order chi connectivity index (χ1) is 9.71. The van der Waals surface area contributed by atoms with Gasteiger partial charge in [0.15, 0.2) is 0 Å². The fraction of sp³-hybridized carbons (Fsp3) is 0.600. The summed E-state index contributed by atoms with van der Waals surface area (Å²) < 4.78 is 41.5. The van der Waals surface area contributed by atoms with E-state index < -0.39 is 12.0 Å². The van der Waals surface area contributed by atoms with Crippen molar-refractivity contribution in [3.8, 4) is 5.75 Å². The number of ether oxygens (including phenoxy) is 1. The normalized spacial score (nSPS) is 19.8. The van der Waals surface area contributed by atoms with Crippen LogP contribution in [0.1, 0.15) is 32.3 Å². The van der Waals surface area contributed by atoms with Gasteiger partial charge in [-0.05, 0) is 32.8 Å². The number of para-hydroxylation sites is 1. The number of benzene rings is 1. The van der Waals surface area contributed by atoms with Crippen molar-refractivity contribution in [3.05, 3.63) is 29.8 Å². The van der Waals surface area contributed by atoms with Gasteiger partial charge in [0.1, 0.15) is 5.75 Å². The maximum absolute atomic E-state index is 12.5. The molecule has 118 valence electrons. The highest BCUT2D eigenvalue weighted by molar-refractivity contribution is 5.38. The SMILES string of the molecule is CC(C)N1CCC(O)(c2ccccc2OC(F)(F)F)CC1. The maximum Gasteiger partial charge on any atom is 0.573 e. The van der Waals surface area contributed by atoms with Crippen molar-refractivity contribution in [2.75, 3.05) is 13.1 Å². The molecule has 3 nitrogen and oxygen atoms in total. The predicted octanol–water partition coefficient (Wildman–Crippen LogP) is 3.28. The largest absolute Gasteiger partial charge is 0.573 e. The smallest absolute Gasteiger partial charge is 0.405 e. The summed E-state index contributed by atoms with van der Waals surface area (Å²) in [5, 5.41) is 10.7. The fourth-order valence-electron chi connectivity index (χ4n) is 2.74. The van der Waals surface area contributed by atoms with E-state index in [-0.39, 0.29) is 11.3 Å². The highest BCUT2D eigenvalue weighted by atomic mass is 19.4. The van der Waals surface area contributed by atoms with Gasteiger partial charge in [0.05, 0.1) is 5.60 Å². The molecule has 0 bridgehead atoms. The summed E-state index contributed by atoms with van der Waals surface area (Å²) in [7, 11) is 0. The Morgan fingerprint density at radius 3 is 2.29 bits per heavy atom. The number of halogens is 3. The van der Waals surface area contributed by atoms with Gasteiger partial charge in [0.2, 0.25) is 0 Å². The summed E-state index contributed by atoms with van der Waals surface area (Å²) in [5.41, 5.74) is -1.06. The molecular formula is C15H20F3NO2. The molecule has 1 aromatic rings. The Balaban J connectivity index is 2.22. The van der Waals surface area contributed by atoms with Crippen LogP contribution in [-0.4, -0.2) is 35.5 Å². The number of hydrogen-bond acceptors (Lipinski definition) is 3. The third-order valence-electron chi connectivity index (χ3n) is 3.97. The van der Waals surface area contributed by atoms with E-state index in [9.17, 15) is 18.3 Å². The first-order valence-electron chi connectivity index (χ1n) is 7.03. The second-order valence-electron chi connectivity index (χ2n) is 5.71. The first-order valence-corrected chi connectivity index (χ1v) is 7.03. The maximum atomic E-state index is 12.5. The van der Waals surface area contributed by atoms with Gasteiger partial charge in [-0.3, -0.25) is 0 Å². The Bertz CT molecular complexity index is 480. The second-order valence-corrected chi connectivity index (χ2v) is 5.71. The van der Waals surface area contributed by atoms with Crippen molar-refractivity contribution in [2.45, 2.75) is 44.7 Å². The second kappa shape index (κ2) is 5.85. The average Bonchev–Trinajstić information content (AvgIpc) is 2.37. The third-order valence-corrected chi connectivity index (χ3v) is 3.97. The monoisotopic (exact) mass is 303 g/mol. The number of rotatable bonds is 3. The van der Waals surface area contributed by atoms with Crippen LogP contribution in [0.25, 0.3) is 0 Å². The lowest BCUT2D eigenvalue weighted by atomic mass is 9.83. The molecule has 1 heterocycles. The standard InChI is InChI=1S/C15H20F3NO2/c1-11(2)19-9-7-14(20,8-10-19)12-5-3-4-6-13(12)21-15(16,17)18/h3-6,11,20H,7-10H2,1-2H3. The summed E-state index contributed by atoms with van der Waals surface area (Å²) in [6, 6.07) is 6.20. The van der Waals surface area contributed by atoms with E-state index in [1.807, 2.05) is 0 Å². The van der Waals surface area contributed by atoms with Crippen molar-refractivity contribution in [3.63, 3.8) is 0 Å². The molecule has 0 amide bonds. The summed E-state index contributed by atoms with van der Waals surface area (Å²) in [6.07, 6.45) is -3.97. The van der Waals surface area contributed by atoms with Crippen LogP contribution < -0.4 is 4.74 Å². The average molecular weight is 303 g/mol. The van der Waals surface area contributed by atoms with E-state index in [1.54, 1.807) is 6.07 Å². The van der Waals surface area contributed by atoms with Crippen LogP contribution in [0.5, 0.6) is 5.75 Å². The van der Waals surface area contributed by atoms with E-state index in [0.29, 0.717) is 32.0 Å². The minimum absolute atomic E-state index is 0.214. The van der Waals surface area contributed by atoms with Crippen LogP contribution in [0.4, 0.5) is 13.2 Å². The van der Waals surface area contributed by atoms with E-state index >= 15 is 0 Å². The van der Waals surface area contributed by atoms with Gasteiger partial charge in [-0.2, -0.15) is 0 Å². The van der Waals surface area contributed by atoms with Crippen molar-refractivity contribution < 1.29 is 23.0 Å². The number of hydrogen-bond donors (Lipinski definition) is 1. The Morgan fingerprint density at radius 1 is 1.19 bits per heavy atom. The Hall–Kier alpha value is -1.27. The van der Waals surface area contributed by atoms with E-state index in [1.165, 1.54) is 18.2 Å². The predicted molar refractivity (Wildman–Crippen MR) is 73.0 cm³/mol. The zero-order valence-corrected chi connectivity index (χ0v) is 12.2. The van der Waals surface area contributed by atoms with Crippen molar-refractivity contribution in [1.29, 1.82) is 0 Å². The molecule has 0 atom stereocenters. The van der Waals surface area contributed by atoms with Crippen LogP contribution in [-0.2, 0) is 5.60 Å². The molecule has 0 aromatic heterocycles. The van der Waals surface area contributed by atoms with Gasteiger partial charge in [-0.25, -0.2) is 0 Å². The molecule has 1 N–H and O–H groups in total. The molecule has 1 saturated heterocycles. The number of alkyl halides is 3. The van der Waals surface area contributed by atoms with Crippen LogP contribution >= 0.6 is 0 Å². The fourth-order valence-corrected chi connectivity index (χ4v) is 2.74. The highest BCUT2D eigenvalue weighted by Crippen LogP contribution is 2.39. The lowest BCUT2D eigenvalue weighted by molar-refractivity contribution is -0.275. The van der Waals surface area contributed by atoms with Crippen LogP contribution in [0.2, 0.25) is 0 Å². The number of aliphatic hydroxyl groups is 1. The molecule has 0 radical (unpaired) electrons. The summed E-state index contributed by atoms with van der Waals surface area (Å²) in [5.74, 6) is -0.314. The summed E-state index contributed by atoms with van der Waals surface area (Å²) in [6.45, 7) is 5.42. The van der Waals surface area contributed by atoms with Gasteiger partial charge in [-0.1, -0.05) is 18.2 Å². The Kier molecular flexibility index (Phi) is 4.49. The zero-order chi connectivity index (χ0) is 15.7. The van der Waals surface area contributed by atoms with Gasteiger partial charge in [0, 0.05) is 24.7 Å². The molecular weight excluding hydrogens is 283 g/mol. The quantitative estimate of drug-likeness (QED) is 0.930. The minimum atomic E-state index is -4.76. The molecule has 1 aromatic carbocycles. The zero-order valence-electron chi connectivity index (χ0n) is 12.2. The molecule has 0 unspecified atom stereocenters. The Labute approximate surface area is 122 Å². The summed E-state index contributed by atoms with van der Waals surface area (Å²) >= 11 is 0. The highest BCUT2D eigenvalue weighted by Gasteiger charge is 2.39. The van der Waals surface area contributed by atoms with E-state index in [4.69, 9.17) is 0 Å². The van der Waals surface area contributed by atoms with Crippen LogP contribution in [0, 0.1) is 0 Å². The van der Waals surface area contributed by atoms with Crippen molar-refractivity contribution in [2.24, 2.45) is 0 Å². The lowest BCUT2D eigenvalue weighted by Gasteiger charge is -2.40. The molecule has 0 spiro atoms. The molecule has 0 aliphatic carbocycles. The van der Waals surface area contributed by atoms with Crippen LogP contribution in [0.3, 0.4) is 0 Å². The minimum Gasteiger partial charge on any atom is -0.405 e. The first kappa shape index (κ1) is 16.1. The van der Waals surface area contributed by atoms with Gasteiger partial charge < -0.3 is 14.7 Å². The number of likely N-dealkylation sites (tertiary alicyclic amines) is 1. The molecule has 6 heteroatoms. The van der Waals surface area contributed by atoms with E-state index in [2.05, 4.69) is 23.5 Å². The van der Waals surface area contributed by atoms with Gasteiger partial charge in [-0.15, -0.1) is 13.2 Å². The number of piperidine rings is 1. The molecule has 1 aliphatic rings. The molecule has 21 heavy (non-hydrogen) atoms. The van der Waals surface area contributed by atoms with Crippen LogP contribution in [0.15, 0.2) is 24.3 Å². The number of nitrogens with zero attached hydrogens (tertiary/aromatic N) is 1.